The molecule has 4 nitrogen and oxygen atoms in total. The molecule has 23 heavy (non-hydrogen) atoms. The Bertz CT molecular complexity index is 751. The van der Waals surface area contributed by atoms with Crippen LogP contribution < -0.4 is 5.32 Å². The maximum absolute atomic E-state index is 12.9. The fraction of sp³-hybridized carbons (Fsp3) is 0.500. The van der Waals surface area contributed by atoms with Crippen LogP contribution in [-0.4, -0.2) is 28.9 Å². The van der Waals surface area contributed by atoms with Gasteiger partial charge in [-0.25, -0.2) is 4.79 Å². The topological polar surface area (TPSA) is 54.1 Å². The Balaban J connectivity index is 2.25. The lowest BCUT2D eigenvalue weighted by atomic mass is 9.74. The number of carbonyl (C=O) groups is 1. The second-order valence-corrected chi connectivity index (χ2v) is 7.71. The van der Waals surface area contributed by atoms with E-state index in [4.69, 9.17) is 4.74 Å². The van der Waals surface area contributed by atoms with Crippen molar-refractivity contribution < 1.29 is 9.53 Å². The van der Waals surface area contributed by atoms with E-state index in [1.165, 1.54) is 10.9 Å². The zero-order chi connectivity index (χ0) is 16.8. The van der Waals surface area contributed by atoms with E-state index in [0.717, 1.165) is 11.2 Å². The molecule has 2 heterocycles. The van der Waals surface area contributed by atoms with Gasteiger partial charge in [0.05, 0.1) is 11.8 Å². The number of ether oxygens (including phenoxy) is 1. The molecule has 1 aliphatic rings. The molecule has 3 rings (SSSR count). The molecule has 0 spiro atoms. The number of para-hydroxylation sites is 1. The van der Waals surface area contributed by atoms with Crippen LogP contribution in [0.2, 0.25) is 0 Å². The van der Waals surface area contributed by atoms with Crippen LogP contribution >= 0.6 is 15.9 Å². The van der Waals surface area contributed by atoms with E-state index in [9.17, 15) is 4.79 Å². The van der Waals surface area contributed by atoms with Crippen molar-refractivity contribution >= 4 is 32.8 Å². The largest absolute Gasteiger partial charge is 0.461 e. The number of rotatable bonds is 3. The van der Waals surface area contributed by atoms with Gasteiger partial charge in [0, 0.05) is 28.2 Å². The highest BCUT2D eigenvalue weighted by molar-refractivity contribution is 9.09. The summed E-state index contributed by atoms with van der Waals surface area (Å²) in [7, 11) is 0. The number of halogens is 1. The van der Waals surface area contributed by atoms with Crippen molar-refractivity contribution in [3.63, 3.8) is 0 Å². The molecule has 0 saturated carbocycles. The summed E-state index contributed by atoms with van der Waals surface area (Å²) in [6, 6.07) is 8.21. The number of aromatic amines is 1. The number of H-pyrrole nitrogens is 1. The molecule has 0 aliphatic carbocycles. The molecule has 2 aromatic rings. The summed E-state index contributed by atoms with van der Waals surface area (Å²) in [5.74, 6) is -0.243. The van der Waals surface area contributed by atoms with E-state index >= 15 is 0 Å². The Morgan fingerprint density at radius 1 is 1.35 bits per heavy atom. The summed E-state index contributed by atoms with van der Waals surface area (Å²) >= 11 is 3.54. The molecule has 0 unspecified atom stereocenters. The van der Waals surface area contributed by atoms with Crippen molar-refractivity contribution in [2.45, 2.75) is 44.8 Å². The molecule has 5 heteroatoms. The highest BCUT2D eigenvalue weighted by Gasteiger charge is 2.50. The zero-order valence-corrected chi connectivity index (χ0v) is 15.6. The zero-order valence-electron chi connectivity index (χ0n) is 14.0. The van der Waals surface area contributed by atoms with Gasteiger partial charge in [0.25, 0.3) is 0 Å². The summed E-state index contributed by atoms with van der Waals surface area (Å²) < 4.78 is 5.55. The minimum Gasteiger partial charge on any atom is -0.461 e. The van der Waals surface area contributed by atoms with Gasteiger partial charge in [0.2, 0.25) is 0 Å². The average Bonchev–Trinajstić information content (AvgIpc) is 2.88. The Hall–Kier alpha value is -1.33. The lowest BCUT2D eigenvalue weighted by molar-refractivity contribution is -0.155. The number of fused-ring (bicyclic) bond motifs is 3. The van der Waals surface area contributed by atoms with Gasteiger partial charge >= 0.3 is 5.97 Å². The fourth-order valence-corrected chi connectivity index (χ4v) is 4.08. The lowest BCUT2D eigenvalue weighted by Crippen LogP contribution is -2.59. The van der Waals surface area contributed by atoms with Gasteiger partial charge in [-0.2, -0.15) is 0 Å². The first-order valence-corrected chi connectivity index (χ1v) is 9.08. The normalized spacial score (nSPS) is 23.0. The standard InChI is InChI=1S/C18H23BrN2O2/c1-11(2)23-16(22)18(9-19)15-14(17(3,4)10-20-18)12-7-5-6-8-13(12)21-15/h5-8,11,20-21H,9-10H2,1-4H3/t18-/m1/s1. The number of esters is 1. The van der Waals surface area contributed by atoms with Gasteiger partial charge in [0.1, 0.15) is 0 Å². The summed E-state index contributed by atoms with van der Waals surface area (Å²) in [6.45, 7) is 8.86. The van der Waals surface area contributed by atoms with Gasteiger partial charge in [-0.15, -0.1) is 0 Å². The average molecular weight is 379 g/mol. The molecule has 1 aromatic carbocycles. The maximum Gasteiger partial charge on any atom is 0.333 e. The van der Waals surface area contributed by atoms with Crippen LogP contribution in [0.4, 0.5) is 0 Å². The number of carbonyl (C=O) groups excluding carboxylic acids is 1. The highest BCUT2D eigenvalue weighted by atomic mass is 79.9. The first kappa shape index (κ1) is 16.5. The van der Waals surface area contributed by atoms with Crippen LogP contribution in [0.3, 0.4) is 0 Å². The molecule has 1 atom stereocenters. The summed E-state index contributed by atoms with van der Waals surface area (Å²) in [5, 5.41) is 5.08. The Kier molecular flexibility index (Phi) is 4.05. The number of nitrogens with one attached hydrogen (secondary N) is 2. The van der Waals surface area contributed by atoms with Crippen molar-refractivity contribution in [3.8, 4) is 0 Å². The molecule has 1 aromatic heterocycles. The molecule has 0 bridgehead atoms. The van der Waals surface area contributed by atoms with E-state index in [1.807, 2.05) is 26.0 Å². The number of aromatic nitrogens is 1. The summed E-state index contributed by atoms with van der Waals surface area (Å²) in [4.78, 5) is 16.4. The highest BCUT2D eigenvalue weighted by Crippen LogP contribution is 2.43. The number of benzene rings is 1. The predicted molar refractivity (Wildman–Crippen MR) is 96.0 cm³/mol. The van der Waals surface area contributed by atoms with Gasteiger partial charge in [-0.1, -0.05) is 48.0 Å². The fourth-order valence-electron chi connectivity index (χ4n) is 3.37. The summed E-state index contributed by atoms with van der Waals surface area (Å²) in [6.07, 6.45) is -0.150. The number of hydrogen-bond donors (Lipinski definition) is 2. The van der Waals surface area contributed by atoms with Crippen LogP contribution in [0, 0.1) is 0 Å². The molecule has 0 fully saturated rings. The number of hydrogen-bond acceptors (Lipinski definition) is 3. The van der Waals surface area contributed by atoms with Crippen LogP contribution in [0.5, 0.6) is 0 Å². The Morgan fingerprint density at radius 3 is 2.70 bits per heavy atom. The molecule has 0 amide bonds. The van der Waals surface area contributed by atoms with E-state index in [1.54, 1.807) is 0 Å². The molecular formula is C18H23BrN2O2. The SMILES string of the molecule is CC(C)OC(=O)[C@]1(CBr)NCC(C)(C)c2c1[nH]c1ccccc21. The van der Waals surface area contributed by atoms with E-state index < -0.39 is 5.54 Å². The van der Waals surface area contributed by atoms with Crippen LogP contribution in [-0.2, 0) is 20.5 Å². The van der Waals surface area contributed by atoms with E-state index in [0.29, 0.717) is 11.9 Å². The predicted octanol–water partition coefficient (Wildman–Crippen LogP) is 3.59. The van der Waals surface area contributed by atoms with Crippen LogP contribution in [0.1, 0.15) is 39.0 Å². The van der Waals surface area contributed by atoms with Crippen molar-refractivity contribution in [2.24, 2.45) is 0 Å². The van der Waals surface area contributed by atoms with E-state index in [2.05, 4.69) is 52.2 Å². The third-order valence-corrected chi connectivity index (χ3v) is 5.37. The molecule has 0 radical (unpaired) electrons. The van der Waals surface area contributed by atoms with Crippen molar-refractivity contribution in [2.75, 3.05) is 11.9 Å². The van der Waals surface area contributed by atoms with Gasteiger partial charge in [0.15, 0.2) is 5.54 Å². The quantitative estimate of drug-likeness (QED) is 0.633. The molecule has 124 valence electrons. The molecule has 0 saturated heterocycles. The molecule has 1 aliphatic heterocycles. The molecular weight excluding hydrogens is 356 g/mol. The van der Waals surface area contributed by atoms with Gasteiger partial charge < -0.3 is 9.72 Å². The third kappa shape index (κ3) is 2.50. The Morgan fingerprint density at radius 2 is 2.04 bits per heavy atom. The Labute approximate surface area is 145 Å². The third-order valence-electron chi connectivity index (χ3n) is 4.53. The monoisotopic (exact) mass is 378 g/mol. The first-order chi connectivity index (χ1) is 10.8. The summed E-state index contributed by atoms with van der Waals surface area (Å²) in [5.41, 5.74) is 2.22. The number of alkyl halides is 1. The second kappa shape index (κ2) is 5.64. The van der Waals surface area contributed by atoms with Crippen LogP contribution in [0.15, 0.2) is 24.3 Å². The first-order valence-electron chi connectivity index (χ1n) is 7.95. The van der Waals surface area contributed by atoms with Crippen molar-refractivity contribution in [1.29, 1.82) is 0 Å². The van der Waals surface area contributed by atoms with Gasteiger partial charge in [-0.3, -0.25) is 5.32 Å². The van der Waals surface area contributed by atoms with Gasteiger partial charge in [-0.05, 0) is 25.5 Å². The van der Waals surface area contributed by atoms with E-state index in [-0.39, 0.29) is 17.5 Å². The lowest BCUT2D eigenvalue weighted by Gasteiger charge is -2.42. The second-order valence-electron chi connectivity index (χ2n) is 7.15. The minimum atomic E-state index is -0.881. The van der Waals surface area contributed by atoms with Crippen LogP contribution in [0.25, 0.3) is 10.9 Å². The smallest absolute Gasteiger partial charge is 0.333 e. The molecule has 2 N–H and O–H groups in total. The maximum atomic E-state index is 12.9. The van der Waals surface area contributed by atoms with Crippen molar-refractivity contribution in [3.05, 3.63) is 35.5 Å². The minimum absolute atomic E-state index is 0.0707. The van der Waals surface area contributed by atoms with Crippen molar-refractivity contribution in [1.82, 2.24) is 10.3 Å².